The highest BCUT2D eigenvalue weighted by molar-refractivity contribution is 6.34. The van der Waals surface area contributed by atoms with Crippen LogP contribution < -0.4 is 11.1 Å². The Kier molecular flexibility index (Phi) is 3.78. The molecule has 0 aliphatic heterocycles. The summed E-state index contributed by atoms with van der Waals surface area (Å²) in [5.41, 5.74) is 11.0. The largest absolute Gasteiger partial charge is 0.397 e. The van der Waals surface area contributed by atoms with E-state index in [4.69, 9.17) is 17.3 Å². The fourth-order valence-corrected chi connectivity index (χ4v) is 2.22. The van der Waals surface area contributed by atoms with E-state index in [1.807, 2.05) is 18.2 Å². The van der Waals surface area contributed by atoms with Gasteiger partial charge in [-0.3, -0.25) is 0 Å². The summed E-state index contributed by atoms with van der Waals surface area (Å²) in [6.45, 7) is 4.27. The molecule has 0 saturated heterocycles. The monoisotopic (exact) mass is 260 g/mol. The number of para-hydroxylation sites is 1. The number of hydrogen-bond donors (Lipinski definition) is 2. The van der Waals surface area contributed by atoms with Crippen molar-refractivity contribution in [2.45, 2.75) is 20.3 Å². The zero-order valence-corrected chi connectivity index (χ0v) is 11.4. The maximum Gasteiger partial charge on any atom is 0.0807 e. The lowest BCUT2D eigenvalue weighted by molar-refractivity contribution is 1.11. The molecule has 0 aliphatic carbocycles. The van der Waals surface area contributed by atoms with Crippen molar-refractivity contribution in [3.05, 3.63) is 52.5 Å². The van der Waals surface area contributed by atoms with Gasteiger partial charge in [-0.15, -0.1) is 0 Å². The first kappa shape index (κ1) is 12.8. The van der Waals surface area contributed by atoms with E-state index in [-0.39, 0.29) is 0 Å². The molecule has 0 atom stereocenters. The molecule has 0 bridgehead atoms. The topological polar surface area (TPSA) is 38.0 Å². The van der Waals surface area contributed by atoms with Crippen molar-refractivity contribution >= 4 is 28.7 Å². The predicted molar refractivity (Wildman–Crippen MR) is 79.7 cm³/mol. The number of hydrogen-bond acceptors (Lipinski definition) is 2. The molecule has 0 unspecified atom stereocenters. The van der Waals surface area contributed by atoms with Crippen molar-refractivity contribution in [3.63, 3.8) is 0 Å². The number of aryl methyl sites for hydroxylation is 2. The van der Waals surface area contributed by atoms with Crippen LogP contribution in [0.15, 0.2) is 36.4 Å². The summed E-state index contributed by atoms with van der Waals surface area (Å²) in [4.78, 5) is 0. The minimum absolute atomic E-state index is 0.632. The van der Waals surface area contributed by atoms with Crippen molar-refractivity contribution in [3.8, 4) is 0 Å². The Bertz CT molecular complexity index is 544. The van der Waals surface area contributed by atoms with Crippen molar-refractivity contribution in [2.75, 3.05) is 11.1 Å². The highest BCUT2D eigenvalue weighted by Crippen LogP contribution is 2.31. The van der Waals surface area contributed by atoms with Crippen molar-refractivity contribution in [2.24, 2.45) is 0 Å². The molecule has 2 nitrogen and oxygen atoms in total. The van der Waals surface area contributed by atoms with E-state index in [1.165, 1.54) is 11.1 Å². The lowest BCUT2D eigenvalue weighted by Crippen LogP contribution is -1.98. The fourth-order valence-electron chi connectivity index (χ4n) is 1.99. The van der Waals surface area contributed by atoms with Gasteiger partial charge >= 0.3 is 0 Å². The fraction of sp³-hybridized carbons (Fsp3) is 0.200. The van der Waals surface area contributed by atoms with Crippen molar-refractivity contribution in [1.29, 1.82) is 0 Å². The molecule has 0 aromatic heterocycles. The SMILES string of the molecule is CCc1ccc(Nc2c(N)cccc2Cl)cc1C. The van der Waals surface area contributed by atoms with Crippen LogP contribution in [0, 0.1) is 6.92 Å². The second-order valence-electron chi connectivity index (χ2n) is 4.32. The Morgan fingerprint density at radius 3 is 2.61 bits per heavy atom. The second-order valence-corrected chi connectivity index (χ2v) is 4.73. The van der Waals surface area contributed by atoms with Crippen molar-refractivity contribution in [1.82, 2.24) is 0 Å². The maximum atomic E-state index is 6.14. The zero-order valence-electron chi connectivity index (χ0n) is 10.6. The van der Waals surface area contributed by atoms with Gasteiger partial charge in [0.25, 0.3) is 0 Å². The minimum Gasteiger partial charge on any atom is -0.397 e. The number of nitrogen functional groups attached to an aromatic ring is 1. The van der Waals surface area contributed by atoms with Crippen LogP contribution in [0.5, 0.6) is 0 Å². The van der Waals surface area contributed by atoms with Crippen LogP contribution in [-0.4, -0.2) is 0 Å². The molecule has 0 saturated carbocycles. The smallest absolute Gasteiger partial charge is 0.0807 e. The Hall–Kier alpha value is -1.67. The highest BCUT2D eigenvalue weighted by atomic mass is 35.5. The molecule has 94 valence electrons. The van der Waals surface area contributed by atoms with Crippen LogP contribution in [0.2, 0.25) is 5.02 Å². The molecule has 18 heavy (non-hydrogen) atoms. The summed E-state index contributed by atoms with van der Waals surface area (Å²) in [6, 6.07) is 11.8. The van der Waals surface area contributed by atoms with Gasteiger partial charge in [-0.05, 0) is 48.7 Å². The van der Waals surface area contributed by atoms with E-state index in [0.717, 1.165) is 17.8 Å². The summed E-state index contributed by atoms with van der Waals surface area (Å²) in [5, 5.41) is 3.91. The quantitative estimate of drug-likeness (QED) is 0.796. The average Bonchev–Trinajstić information content (AvgIpc) is 2.34. The highest BCUT2D eigenvalue weighted by Gasteiger charge is 2.05. The van der Waals surface area contributed by atoms with Gasteiger partial charge in [0.2, 0.25) is 0 Å². The predicted octanol–water partition coefficient (Wildman–Crippen LogP) is 4.54. The van der Waals surface area contributed by atoms with Gasteiger partial charge in [0, 0.05) is 5.69 Å². The van der Waals surface area contributed by atoms with Crippen LogP contribution in [0.25, 0.3) is 0 Å². The third-order valence-electron chi connectivity index (χ3n) is 3.04. The standard InChI is InChI=1S/C15H17ClN2/c1-3-11-7-8-12(9-10(11)2)18-15-13(16)5-4-6-14(15)17/h4-9,18H,3,17H2,1-2H3. The molecule has 0 spiro atoms. The average molecular weight is 261 g/mol. The maximum absolute atomic E-state index is 6.14. The van der Waals surface area contributed by atoms with E-state index in [9.17, 15) is 0 Å². The third-order valence-corrected chi connectivity index (χ3v) is 3.35. The van der Waals surface area contributed by atoms with E-state index >= 15 is 0 Å². The van der Waals surface area contributed by atoms with Gasteiger partial charge in [-0.25, -0.2) is 0 Å². The minimum atomic E-state index is 0.632. The van der Waals surface area contributed by atoms with Gasteiger partial charge in [0.1, 0.15) is 0 Å². The van der Waals surface area contributed by atoms with E-state index < -0.39 is 0 Å². The van der Waals surface area contributed by atoms with Gasteiger partial charge < -0.3 is 11.1 Å². The molecule has 0 heterocycles. The van der Waals surface area contributed by atoms with Gasteiger partial charge in [-0.2, -0.15) is 0 Å². The van der Waals surface area contributed by atoms with Crippen LogP contribution in [-0.2, 0) is 6.42 Å². The number of benzene rings is 2. The van der Waals surface area contributed by atoms with Crippen LogP contribution in [0.4, 0.5) is 17.1 Å². The van der Waals surface area contributed by atoms with E-state index in [2.05, 4.69) is 37.4 Å². The first-order valence-corrected chi connectivity index (χ1v) is 6.40. The zero-order chi connectivity index (χ0) is 13.1. The molecule has 0 radical (unpaired) electrons. The Balaban J connectivity index is 2.32. The van der Waals surface area contributed by atoms with Crippen LogP contribution in [0.1, 0.15) is 18.1 Å². The summed E-state index contributed by atoms with van der Waals surface area (Å²) < 4.78 is 0. The first-order valence-electron chi connectivity index (χ1n) is 6.02. The number of nitrogens with one attached hydrogen (secondary N) is 1. The second kappa shape index (κ2) is 5.32. The summed E-state index contributed by atoms with van der Waals surface area (Å²) in [6.07, 6.45) is 1.04. The normalized spacial score (nSPS) is 10.4. The molecular formula is C15H17ClN2. The molecule has 0 aliphatic rings. The van der Waals surface area contributed by atoms with Gasteiger partial charge in [0.15, 0.2) is 0 Å². The van der Waals surface area contributed by atoms with Crippen LogP contribution in [0.3, 0.4) is 0 Å². The Morgan fingerprint density at radius 1 is 1.22 bits per heavy atom. The van der Waals surface area contributed by atoms with Gasteiger partial charge in [-0.1, -0.05) is 30.7 Å². The lowest BCUT2D eigenvalue weighted by Gasteiger charge is -2.13. The summed E-state index contributed by atoms with van der Waals surface area (Å²) >= 11 is 6.14. The number of nitrogens with two attached hydrogens (primary N) is 1. The first-order chi connectivity index (χ1) is 8.61. The molecule has 2 aromatic carbocycles. The molecule has 2 aromatic rings. The van der Waals surface area contributed by atoms with Crippen molar-refractivity contribution < 1.29 is 0 Å². The number of halogens is 1. The Labute approximate surface area is 113 Å². The van der Waals surface area contributed by atoms with Gasteiger partial charge in [0.05, 0.1) is 16.4 Å². The summed E-state index contributed by atoms with van der Waals surface area (Å²) in [5.74, 6) is 0. The molecule has 2 rings (SSSR count). The number of rotatable bonds is 3. The third kappa shape index (κ3) is 2.59. The lowest BCUT2D eigenvalue weighted by atomic mass is 10.1. The van der Waals surface area contributed by atoms with E-state index in [1.54, 1.807) is 0 Å². The molecule has 3 N–H and O–H groups in total. The molecular weight excluding hydrogens is 244 g/mol. The summed E-state index contributed by atoms with van der Waals surface area (Å²) in [7, 11) is 0. The van der Waals surface area contributed by atoms with Crippen LogP contribution >= 0.6 is 11.6 Å². The number of anilines is 3. The van der Waals surface area contributed by atoms with E-state index in [0.29, 0.717) is 10.7 Å². The molecule has 3 heteroatoms. The Morgan fingerprint density at radius 2 is 2.00 bits per heavy atom. The molecule has 0 amide bonds. The molecule has 0 fully saturated rings.